The average molecular weight is 353 g/mol. The van der Waals surface area contributed by atoms with E-state index < -0.39 is 11.4 Å². The van der Waals surface area contributed by atoms with Gasteiger partial charge >= 0.3 is 0 Å². The largest absolute Gasteiger partial charge is 0.337 e. The second-order valence-electron chi connectivity index (χ2n) is 8.97. The fourth-order valence-corrected chi connectivity index (χ4v) is 5.18. The van der Waals surface area contributed by atoms with E-state index >= 15 is 0 Å². The van der Waals surface area contributed by atoms with Gasteiger partial charge in [-0.1, -0.05) is 38.4 Å². The third-order valence-electron chi connectivity index (χ3n) is 5.61. The minimum absolute atomic E-state index is 0.122. The smallest absolute Gasteiger partial charge is 0.247 e. The molecule has 1 amide bonds. The molecule has 1 aliphatic heterocycles. The predicted molar refractivity (Wildman–Crippen MR) is 94.2 cm³/mol. The van der Waals surface area contributed by atoms with Crippen molar-refractivity contribution >= 4 is 17.5 Å². The molecule has 0 spiro atoms. The summed E-state index contributed by atoms with van der Waals surface area (Å²) in [5, 5.41) is 0.297. The number of halogens is 2. The number of nitrogens with two attached hydrogens (primary N) is 1. The zero-order valence-electron chi connectivity index (χ0n) is 14.8. The molecule has 1 heterocycles. The molecule has 5 heteroatoms. The first kappa shape index (κ1) is 17.7. The lowest BCUT2D eigenvalue weighted by Gasteiger charge is -2.40. The highest BCUT2D eigenvalue weighted by atomic mass is 35.5. The SMILES string of the molecule is CC1(C)CC2CC(C)(CN2C(=O)C(C)(N)c2ccc(Cl)cc2F)C1. The van der Waals surface area contributed by atoms with Gasteiger partial charge < -0.3 is 10.6 Å². The monoisotopic (exact) mass is 352 g/mol. The molecule has 1 aromatic carbocycles. The van der Waals surface area contributed by atoms with E-state index in [2.05, 4.69) is 20.8 Å². The van der Waals surface area contributed by atoms with E-state index in [1.165, 1.54) is 12.1 Å². The van der Waals surface area contributed by atoms with E-state index in [0.717, 1.165) is 19.3 Å². The molecule has 0 aromatic heterocycles. The predicted octanol–water partition coefficient (Wildman–Crippen LogP) is 4.08. The Bertz CT molecular complexity index is 688. The van der Waals surface area contributed by atoms with Crippen molar-refractivity contribution in [3.05, 3.63) is 34.6 Å². The lowest BCUT2D eigenvalue weighted by atomic mass is 9.65. The van der Waals surface area contributed by atoms with Crippen LogP contribution in [-0.4, -0.2) is 23.4 Å². The maximum atomic E-state index is 14.3. The highest BCUT2D eigenvalue weighted by Crippen LogP contribution is 2.53. The third-order valence-corrected chi connectivity index (χ3v) is 5.85. The molecule has 1 saturated carbocycles. The summed E-state index contributed by atoms with van der Waals surface area (Å²) < 4.78 is 14.3. The van der Waals surface area contributed by atoms with Crippen LogP contribution in [0.25, 0.3) is 0 Å². The van der Waals surface area contributed by atoms with E-state index in [1.807, 2.05) is 4.90 Å². The molecule has 3 unspecified atom stereocenters. The molecule has 132 valence electrons. The normalized spacial score (nSPS) is 31.0. The number of hydrogen-bond donors (Lipinski definition) is 1. The van der Waals surface area contributed by atoms with E-state index in [9.17, 15) is 9.18 Å². The molecule has 2 N–H and O–H groups in total. The number of carbonyl (C=O) groups excluding carboxylic acids is 1. The van der Waals surface area contributed by atoms with Gasteiger partial charge in [0.25, 0.3) is 0 Å². The molecule has 1 aliphatic carbocycles. The number of rotatable bonds is 2. The summed E-state index contributed by atoms with van der Waals surface area (Å²) >= 11 is 5.82. The van der Waals surface area contributed by atoms with Crippen molar-refractivity contribution in [3.63, 3.8) is 0 Å². The lowest BCUT2D eigenvalue weighted by molar-refractivity contribution is -0.138. The topological polar surface area (TPSA) is 46.3 Å². The van der Waals surface area contributed by atoms with Crippen molar-refractivity contribution in [2.24, 2.45) is 16.6 Å². The first-order chi connectivity index (χ1) is 10.9. The van der Waals surface area contributed by atoms with Gasteiger partial charge in [-0.15, -0.1) is 0 Å². The van der Waals surface area contributed by atoms with Crippen LogP contribution in [0.15, 0.2) is 18.2 Å². The van der Waals surface area contributed by atoms with Crippen LogP contribution in [0.5, 0.6) is 0 Å². The standard InChI is InChI=1S/C19H26ClFN2O/c1-17(2)8-13-9-18(3,10-17)11-23(13)16(24)19(4,22)14-6-5-12(20)7-15(14)21/h5-7,13H,8-11,22H2,1-4H3. The molecule has 0 radical (unpaired) electrons. The Balaban J connectivity index is 1.91. The molecule has 3 atom stereocenters. The number of benzene rings is 1. The van der Waals surface area contributed by atoms with Crippen molar-refractivity contribution in [2.45, 2.75) is 58.5 Å². The Labute approximate surface area is 148 Å². The minimum Gasteiger partial charge on any atom is -0.337 e. The molecule has 2 aliphatic rings. The van der Waals surface area contributed by atoms with Crippen molar-refractivity contribution in [1.29, 1.82) is 0 Å². The van der Waals surface area contributed by atoms with Gasteiger partial charge in [-0.3, -0.25) is 4.79 Å². The van der Waals surface area contributed by atoms with Gasteiger partial charge in [-0.2, -0.15) is 0 Å². The number of amides is 1. The van der Waals surface area contributed by atoms with Gasteiger partial charge in [0.1, 0.15) is 11.4 Å². The number of nitrogens with zero attached hydrogens (tertiary/aromatic N) is 1. The summed E-state index contributed by atoms with van der Waals surface area (Å²) in [4.78, 5) is 15.1. The van der Waals surface area contributed by atoms with Crippen LogP contribution in [0.1, 0.15) is 52.5 Å². The summed E-state index contributed by atoms with van der Waals surface area (Å²) in [5.74, 6) is -0.732. The van der Waals surface area contributed by atoms with Crippen LogP contribution >= 0.6 is 11.6 Å². The third kappa shape index (κ3) is 2.95. The zero-order chi connectivity index (χ0) is 17.9. The maximum absolute atomic E-state index is 14.3. The minimum atomic E-state index is -1.40. The second-order valence-corrected chi connectivity index (χ2v) is 9.41. The summed E-state index contributed by atoms with van der Waals surface area (Å²) in [6, 6.07) is 4.49. The number of fused-ring (bicyclic) bond motifs is 2. The summed E-state index contributed by atoms with van der Waals surface area (Å²) in [7, 11) is 0. The van der Waals surface area contributed by atoms with Gasteiger partial charge in [0, 0.05) is 23.2 Å². The van der Waals surface area contributed by atoms with Crippen LogP contribution in [0.2, 0.25) is 5.02 Å². The molecule has 2 fully saturated rings. The quantitative estimate of drug-likeness (QED) is 0.871. The summed E-state index contributed by atoms with van der Waals surface area (Å²) in [6.07, 6.45) is 3.06. The van der Waals surface area contributed by atoms with E-state index in [4.69, 9.17) is 17.3 Å². The van der Waals surface area contributed by atoms with E-state index in [-0.39, 0.29) is 28.3 Å². The van der Waals surface area contributed by atoms with Gasteiger partial charge in [0.15, 0.2) is 0 Å². The van der Waals surface area contributed by atoms with Crippen molar-refractivity contribution in [3.8, 4) is 0 Å². The Kier molecular flexibility index (Phi) is 4.00. The molecular weight excluding hydrogens is 327 g/mol. The van der Waals surface area contributed by atoms with Crippen molar-refractivity contribution < 1.29 is 9.18 Å². The molecule has 3 rings (SSSR count). The Hall–Kier alpha value is -1.13. The Morgan fingerprint density at radius 2 is 2.04 bits per heavy atom. The fraction of sp³-hybridized carbons (Fsp3) is 0.632. The molecular formula is C19H26ClFN2O. The Morgan fingerprint density at radius 3 is 2.67 bits per heavy atom. The molecule has 2 bridgehead atoms. The fourth-order valence-electron chi connectivity index (χ4n) is 5.02. The van der Waals surface area contributed by atoms with E-state index in [0.29, 0.717) is 11.6 Å². The highest BCUT2D eigenvalue weighted by molar-refractivity contribution is 6.30. The summed E-state index contributed by atoms with van der Waals surface area (Å²) in [5.41, 5.74) is 5.47. The average Bonchev–Trinajstić information content (AvgIpc) is 2.66. The van der Waals surface area contributed by atoms with Gasteiger partial charge in [-0.05, 0) is 49.1 Å². The van der Waals surface area contributed by atoms with Gasteiger partial charge in [0.05, 0.1) is 0 Å². The first-order valence-corrected chi connectivity index (χ1v) is 8.87. The number of likely N-dealkylation sites (tertiary alicyclic amines) is 1. The first-order valence-electron chi connectivity index (χ1n) is 8.49. The second kappa shape index (κ2) is 5.43. The lowest BCUT2D eigenvalue weighted by Crippen LogP contribution is -2.53. The van der Waals surface area contributed by atoms with E-state index in [1.54, 1.807) is 13.0 Å². The maximum Gasteiger partial charge on any atom is 0.247 e. The van der Waals surface area contributed by atoms with Crippen LogP contribution in [0.3, 0.4) is 0 Å². The highest BCUT2D eigenvalue weighted by Gasteiger charge is 2.53. The van der Waals surface area contributed by atoms with Crippen LogP contribution in [0, 0.1) is 16.6 Å². The summed E-state index contributed by atoms with van der Waals surface area (Å²) in [6.45, 7) is 9.04. The van der Waals surface area contributed by atoms with Crippen molar-refractivity contribution in [2.75, 3.05) is 6.54 Å². The molecule has 3 nitrogen and oxygen atoms in total. The zero-order valence-corrected chi connectivity index (χ0v) is 15.6. The van der Waals surface area contributed by atoms with Crippen LogP contribution in [0.4, 0.5) is 4.39 Å². The van der Waals surface area contributed by atoms with Gasteiger partial charge in [0.2, 0.25) is 5.91 Å². The number of carbonyl (C=O) groups is 1. The molecule has 1 saturated heterocycles. The Morgan fingerprint density at radius 1 is 1.38 bits per heavy atom. The van der Waals surface area contributed by atoms with Gasteiger partial charge in [-0.25, -0.2) is 4.39 Å². The number of hydrogen-bond acceptors (Lipinski definition) is 2. The van der Waals surface area contributed by atoms with Crippen LogP contribution in [-0.2, 0) is 10.3 Å². The molecule has 24 heavy (non-hydrogen) atoms. The molecule has 1 aromatic rings. The van der Waals surface area contributed by atoms with Crippen molar-refractivity contribution in [1.82, 2.24) is 4.90 Å². The van der Waals surface area contributed by atoms with Crippen LogP contribution < -0.4 is 5.73 Å².